The summed E-state index contributed by atoms with van der Waals surface area (Å²) < 4.78 is 11.2. The van der Waals surface area contributed by atoms with Crippen LogP contribution in [-0.2, 0) is 0 Å². The molecular weight excluding hydrogens is 240 g/mol. The molecule has 0 saturated carbocycles. The molecule has 1 aliphatic rings. The fraction of sp³-hybridized carbons (Fsp3) is 0.600. The van der Waals surface area contributed by atoms with Gasteiger partial charge in [0.25, 0.3) is 0 Å². The highest BCUT2D eigenvalue weighted by atomic mass is 16.5. The maximum absolute atomic E-state index is 5.62. The van der Waals surface area contributed by atoms with Gasteiger partial charge in [0, 0.05) is 24.3 Å². The van der Waals surface area contributed by atoms with Crippen molar-refractivity contribution in [3.05, 3.63) is 18.2 Å². The predicted octanol–water partition coefficient (Wildman–Crippen LogP) is 2.65. The first kappa shape index (κ1) is 14.0. The molecule has 0 spiro atoms. The second-order valence-corrected chi connectivity index (χ2v) is 4.70. The molecule has 2 N–H and O–H groups in total. The molecule has 0 radical (unpaired) electrons. The summed E-state index contributed by atoms with van der Waals surface area (Å²) in [7, 11) is 0. The van der Waals surface area contributed by atoms with Gasteiger partial charge in [0.1, 0.15) is 0 Å². The number of hydrogen-bond donors (Lipinski definition) is 2. The fourth-order valence-electron chi connectivity index (χ4n) is 2.33. The summed E-state index contributed by atoms with van der Waals surface area (Å²) in [6.45, 7) is 7.36. The molecule has 4 nitrogen and oxygen atoms in total. The molecule has 1 saturated heterocycles. The van der Waals surface area contributed by atoms with Crippen molar-refractivity contribution < 1.29 is 9.47 Å². The lowest BCUT2D eigenvalue weighted by Crippen LogP contribution is -2.29. The van der Waals surface area contributed by atoms with Gasteiger partial charge in [0.15, 0.2) is 11.5 Å². The van der Waals surface area contributed by atoms with Crippen LogP contribution in [-0.4, -0.2) is 32.3 Å². The highest BCUT2D eigenvalue weighted by molar-refractivity contribution is 5.54. The van der Waals surface area contributed by atoms with Crippen LogP contribution in [0.5, 0.6) is 11.5 Å². The highest BCUT2D eigenvalue weighted by Gasteiger charge is 2.13. The number of anilines is 1. The minimum Gasteiger partial charge on any atom is -0.490 e. The van der Waals surface area contributed by atoms with Crippen LogP contribution in [0.25, 0.3) is 0 Å². The van der Waals surface area contributed by atoms with Gasteiger partial charge in [-0.2, -0.15) is 0 Å². The van der Waals surface area contributed by atoms with Gasteiger partial charge in [0.05, 0.1) is 13.2 Å². The van der Waals surface area contributed by atoms with Crippen molar-refractivity contribution >= 4 is 5.69 Å². The van der Waals surface area contributed by atoms with E-state index in [0.29, 0.717) is 19.3 Å². The molecular formula is C15H24N2O2. The molecule has 1 atom stereocenters. The maximum Gasteiger partial charge on any atom is 0.163 e. The van der Waals surface area contributed by atoms with Gasteiger partial charge >= 0.3 is 0 Å². The third-order valence-corrected chi connectivity index (χ3v) is 3.26. The molecule has 1 aromatic carbocycles. The van der Waals surface area contributed by atoms with Crippen LogP contribution in [0.2, 0.25) is 0 Å². The van der Waals surface area contributed by atoms with Gasteiger partial charge in [-0.25, -0.2) is 0 Å². The number of rotatable bonds is 7. The normalized spacial score (nSPS) is 18.3. The van der Waals surface area contributed by atoms with E-state index in [1.54, 1.807) is 0 Å². The quantitative estimate of drug-likeness (QED) is 0.794. The Morgan fingerprint density at radius 3 is 2.68 bits per heavy atom. The van der Waals surface area contributed by atoms with Crippen molar-refractivity contribution in [2.45, 2.75) is 32.7 Å². The SMILES string of the molecule is CCOc1ccc(NCC2CCCN2)cc1OCC. The number of benzene rings is 1. The van der Waals surface area contributed by atoms with Crippen molar-refractivity contribution in [1.29, 1.82) is 0 Å². The topological polar surface area (TPSA) is 42.5 Å². The molecule has 0 aromatic heterocycles. The van der Waals surface area contributed by atoms with E-state index in [1.165, 1.54) is 12.8 Å². The average Bonchev–Trinajstić information content (AvgIpc) is 2.93. The minimum atomic E-state index is 0.585. The standard InChI is InChI=1S/C15H24N2O2/c1-3-18-14-8-7-12(10-15(14)19-4-2)17-11-13-6-5-9-16-13/h7-8,10,13,16-17H,3-6,9,11H2,1-2H3. The van der Waals surface area contributed by atoms with Crippen molar-refractivity contribution in [3.63, 3.8) is 0 Å². The van der Waals surface area contributed by atoms with Gasteiger partial charge in [-0.15, -0.1) is 0 Å². The van der Waals surface area contributed by atoms with Gasteiger partial charge in [0.2, 0.25) is 0 Å². The first-order valence-electron chi connectivity index (χ1n) is 7.20. The number of nitrogens with one attached hydrogen (secondary N) is 2. The van der Waals surface area contributed by atoms with Gasteiger partial charge in [-0.3, -0.25) is 0 Å². The first-order valence-corrected chi connectivity index (χ1v) is 7.20. The lowest BCUT2D eigenvalue weighted by atomic mass is 10.2. The smallest absolute Gasteiger partial charge is 0.163 e. The molecule has 0 bridgehead atoms. The zero-order valence-corrected chi connectivity index (χ0v) is 11.9. The summed E-state index contributed by atoms with van der Waals surface area (Å²) in [4.78, 5) is 0. The second kappa shape index (κ2) is 7.24. The lowest BCUT2D eigenvalue weighted by molar-refractivity contribution is 0.288. The van der Waals surface area contributed by atoms with Crippen LogP contribution in [0.3, 0.4) is 0 Å². The molecule has 1 aromatic rings. The molecule has 1 aliphatic heterocycles. The summed E-state index contributed by atoms with van der Waals surface area (Å²) in [5.41, 5.74) is 1.08. The number of hydrogen-bond acceptors (Lipinski definition) is 4. The van der Waals surface area contributed by atoms with Gasteiger partial charge in [-0.05, 0) is 45.4 Å². The van der Waals surface area contributed by atoms with Gasteiger partial charge in [-0.1, -0.05) is 0 Å². The zero-order chi connectivity index (χ0) is 13.5. The predicted molar refractivity (Wildman–Crippen MR) is 78.3 cm³/mol. The maximum atomic E-state index is 5.62. The molecule has 1 unspecified atom stereocenters. The second-order valence-electron chi connectivity index (χ2n) is 4.70. The Morgan fingerprint density at radius 2 is 2.00 bits per heavy atom. The summed E-state index contributed by atoms with van der Waals surface area (Å²) >= 11 is 0. The largest absolute Gasteiger partial charge is 0.490 e. The lowest BCUT2D eigenvalue weighted by Gasteiger charge is -2.15. The Balaban J connectivity index is 1.97. The first-order chi connectivity index (χ1) is 9.33. The molecule has 2 rings (SSSR count). The summed E-state index contributed by atoms with van der Waals surface area (Å²) in [6, 6.07) is 6.62. The molecule has 0 amide bonds. The zero-order valence-electron chi connectivity index (χ0n) is 11.9. The van der Waals surface area contributed by atoms with E-state index in [1.807, 2.05) is 32.0 Å². The van der Waals surface area contributed by atoms with Crippen LogP contribution in [0.15, 0.2) is 18.2 Å². The molecule has 106 valence electrons. The molecule has 1 fully saturated rings. The summed E-state index contributed by atoms with van der Waals surface area (Å²) in [5, 5.41) is 6.94. The number of ether oxygens (including phenoxy) is 2. The van der Waals surface area contributed by atoms with Crippen molar-refractivity contribution in [1.82, 2.24) is 5.32 Å². The van der Waals surface area contributed by atoms with Gasteiger partial charge < -0.3 is 20.1 Å². The minimum absolute atomic E-state index is 0.585. The van der Waals surface area contributed by atoms with Crippen LogP contribution in [0.1, 0.15) is 26.7 Å². The van der Waals surface area contributed by atoms with E-state index in [0.717, 1.165) is 30.3 Å². The Bertz CT molecular complexity index is 390. The Hall–Kier alpha value is -1.42. The third kappa shape index (κ3) is 4.03. The average molecular weight is 264 g/mol. The molecule has 0 aliphatic carbocycles. The monoisotopic (exact) mass is 264 g/mol. The van der Waals surface area contributed by atoms with E-state index >= 15 is 0 Å². The van der Waals surface area contributed by atoms with E-state index in [9.17, 15) is 0 Å². The van der Waals surface area contributed by atoms with Crippen LogP contribution in [0, 0.1) is 0 Å². The van der Waals surface area contributed by atoms with E-state index in [-0.39, 0.29) is 0 Å². The van der Waals surface area contributed by atoms with Crippen molar-refractivity contribution in [2.75, 3.05) is 31.6 Å². The third-order valence-electron chi connectivity index (χ3n) is 3.26. The Morgan fingerprint density at radius 1 is 1.21 bits per heavy atom. The van der Waals surface area contributed by atoms with Crippen LogP contribution >= 0.6 is 0 Å². The molecule has 1 heterocycles. The van der Waals surface area contributed by atoms with Crippen molar-refractivity contribution in [2.24, 2.45) is 0 Å². The van der Waals surface area contributed by atoms with E-state index in [2.05, 4.69) is 10.6 Å². The van der Waals surface area contributed by atoms with Crippen molar-refractivity contribution in [3.8, 4) is 11.5 Å². The Labute approximate surface area is 115 Å². The fourth-order valence-corrected chi connectivity index (χ4v) is 2.33. The molecule has 19 heavy (non-hydrogen) atoms. The Kier molecular flexibility index (Phi) is 5.33. The van der Waals surface area contributed by atoms with Crippen LogP contribution in [0.4, 0.5) is 5.69 Å². The summed E-state index contributed by atoms with van der Waals surface area (Å²) in [5.74, 6) is 1.63. The van der Waals surface area contributed by atoms with E-state index in [4.69, 9.17) is 9.47 Å². The molecule has 4 heteroatoms. The highest BCUT2D eigenvalue weighted by Crippen LogP contribution is 2.30. The van der Waals surface area contributed by atoms with Crippen LogP contribution < -0.4 is 20.1 Å². The summed E-state index contributed by atoms with van der Waals surface area (Å²) in [6.07, 6.45) is 2.53. The van der Waals surface area contributed by atoms with E-state index < -0.39 is 0 Å².